The van der Waals surface area contributed by atoms with E-state index in [0.717, 1.165) is 0 Å². The first-order valence-electron chi connectivity index (χ1n) is 2.99. The molecular formula is C6H15NO2. The Morgan fingerprint density at radius 1 is 1.56 bits per heavy atom. The van der Waals surface area contributed by atoms with Crippen molar-refractivity contribution in [1.82, 2.24) is 5.48 Å². The predicted octanol–water partition coefficient (Wildman–Crippen LogP) is 0.297. The van der Waals surface area contributed by atoms with E-state index in [2.05, 4.69) is 10.3 Å². The monoisotopic (exact) mass is 133 g/mol. The quantitative estimate of drug-likeness (QED) is 0.544. The molecule has 0 heterocycles. The van der Waals surface area contributed by atoms with Crippen molar-refractivity contribution in [1.29, 1.82) is 0 Å². The van der Waals surface area contributed by atoms with Crippen molar-refractivity contribution >= 4 is 0 Å². The Labute approximate surface area is 56.0 Å². The van der Waals surface area contributed by atoms with Crippen molar-refractivity contribution in [3.63, 3.8) is 0 Å². The molecule has 0 aromatic heterocycles. The summed E-state index contributed by atoms with van der Waals surface area (Å²) in [5.41, 5.74) is 1.91. The van der Waals surface area contributed by atoms with Gasteiger partial charge in [-0.3, -0.25) is 0 Å². The molecule has 1 atom stereocenters. The lowest BCUT2D eigenvalue weighted by Crippen LogP contribution is -2.43. The molecule has 3 heteroatoms. The van der Waals surface area contributed by atoms with Crippen molar-refractivity contribution in [2.45, 2.75) is 32.4 Å². The van der Waals surface area contributed by atoms with E-state index in [-0.39, 0.29) is 6.04 Å². The number of rotatable bonds is 3. The van der Waals surface area contributed by atoms with Crippen LogP contribution in [0.3, 0.4) is 0 Å². The fourth-order valence-corrected chi connectivity index (χ4v) is 0.321. The smallest absolute Gasteiger partial charge is 0.0764 e. The van der Waals surface area contributed by atoms with Crippen molar-refractivity contribution < 1.29 is 9.94 Å². The number of nitrogens with one attached hydrogen (secondary N) is 1. The molecule has 0 rings (SSSR count). The van der Waals surface area contributed by atoms with Gasteiger partial charge in [-0.15, -0.1) is 0 Å². The second kappa shape index (κ2) is 3.15. The molecule has 0 spiro atoms. The van der Waals surface area contributed by atoms with Gasteiger partial charge in [-0.1, -0.05) is 0 Å². The van der Waals surface area contributed by atoms with Gasteiger partial charge in [0, 0.05) is 0 Å². The summed E-state index contributed by atoms with van der Waals surface area (Å²) < 4.78 is 0. The van der Waals surface area contributed by atoms with Gasteiger partial charge >= 0.3 is 0 Å². The van der Waals surface area contributed by atoms with Crippen LogP contribution in [0, 0.1) is 0 Å². The van der Waals surface area contributed by atoms with E-state index in [0.29, 0.717) is 0 Å². The second-order valence-corrected chi connectivity index (χ2v) is 2.70. The summed E-state index contributed by atoms with van der Waals surface area (Å²) in [5.74, 6) is 0. The Balaban J connectivity index is 3.59. The molecule has 0 bridgehead atoms. The van der Waals surface area contributed by atoms with Gasteiger partial charge in [0.15, 0.2) is 0 Å². The molecule has 0 aromatic rings. The molecule has 3 nitrogen and oxygen atoms in total. The Kier molecular flexibility index (Phi) is 3.11. The maximum absolute atomic E-state index is 9.27. The largest absolute Gasteiger partial charge is 0.389 e. The fourth-order valence-electron chi connectivity index (χ4n) is 0.321. The molecule has 0 radical (unpaired) electrons. The van der Waals surface area contributed by atoms with E-state index in [1.807, 2.05) is 6.92 Å². The van der Waals surface area contributed by atoms with Crippen LogP contribution < -0.4 is 5.48 Å². The highest BCUT2D eigenvalue weighted by Crippen LogP contribution is 2.06. The third-order valence-corrected chi connectivity index (χ3v) is 1.35. The number of hydrogen-bond acceptors (Lipinski definition) is 3. The van der Waals surface area contributed by atoms with Gasteiger partial charge < -0.3 is 9.94 Å². The van der Waals surface area contributed by atoms with Crippen LogP contribution in [-0.2, 0) is 4.84 Å². The van der Waals surface area contributed by atoms with Gasteiger partial charge in [-0.2, -0.15) is 5.48 Å². The highest BCUT2D eigenvalue weighted by Gasteiger charge is 2.21. The van der Waals surface area contributed by atoms with Crippen LogP contribution in [0.15, 0.2) is 0 Å². The van der Waals surface area contributed by atoms with Crippen LogP contribution in [0.25, 0.3) is 0 Å². The summed E-state index contributed by atoms with van der Waals surface area (Å²) >= 11 is 0. The van der Waals surface area contributed by atoms with Crippen LogP contribution in [0.4, 0.5) is 0 Å². The van der Waals surface area contributed by atoms with Crippen molar-refractivity contribution in [3.05, 3.63) is 0 Å². The molecule has 9 heavy (non-hydrogen) atoms. The normalized spacial score (nSPS) is 15.7. The summed E-state index contributed by atoms with van der Waals surface area (Å²) in [7, 11) is 1.53. The van der Waals surface area contributed by atoms with Gasteiger partial charge in [0.25, 0.3) is 0 Å². The molecule has 0 aromatic carbocycles. The Hall–Kier alpha value is -0.120. The van der Waals surface area contributed by atoms with Gasteiger partial charge in [-0.05, 0) is 20.8 Å². The molecule has 0 saturated carbocycles. The molecule has 0 aliphatic carbocycles. The van der Waals surface area contributed by atoms with Crippen LogP contribution in [0.1, 0.15) is 20.8 Å². The van der Waals surface area contributed by atoms with Gasteiger partial charge in [-0.25, -0.2) is 0 Å². The first-order chi connectivity index (χ1) is 3.98. The van der Waals surface area contributed by atoms with E-state index in [9.17, 15) is 5.11 Å². The molecule has 0 fully saturated rings. The molecule has 56 valence electrons. The summed E-state index contributed by atoms with van der Waals surface area (Å²) in [4.78, 5) is 4.62. The van der Waals surface area contributed by atoms with Gasteiger partial charge in [0.2, 0.25) is 0 Å². The lowest BCUT2D eigenvalue weighted by molar-refractivity contribution is -0.0311. The molecule has 2 N–H and O–H groups in total. The molecule has 0 amide bonds. The topological polar surface area (TPSA) is 41.5 Å². The van der Waals surface area contributed by atoms with Crippen molar-refractivity contribution in [2.24, 2.45) is 0 Å². The van der Waals surface area contributed by atoms with E-state index in [1.54, 1.807) is 13.8 Å². The van der Waals surface area contributed by atoms with E-state index >= 15 is 0 Å². The minimum atomic E-state index is -0.726. The zero-order chi connectivity index (χ0) is 7.49. The standard InChI is InChI=1S/C6H15NO2/c1-5(7-9-4)6(2,3)8/h5,7-8H,1-4H3. The predicted molar refractivity (Wildman–Crippen MR) is 35.9 cm³/mol. The number of hydroxylamine groups is 1. The van der Waals surface area contributed by atoms with Crippen LogP contribution in [0.5, 0.6) is 0 Å². The van der Waals surface area contributed by atoms with E-state index in [4.69, 9.17) is 0 Å². The highest BCUT2D eigenvalue weighted by molar-refractivity contribution is 4.76. The SMILES string of the molecule is CONC(C)C(C)(C)O. The van der Waals surface area contributed by atoms with Crippen molar-refractivity contribution in [2.75, 3.05) is 7.11 Å². The summed E-state index contributed by atoms with van der Waals surface area (Å²) in [6.07, 6.45) is 0. The number of aliphatic hydroxyl groups is 1. The fraction of sp³-hybridized carbons (Fsp3) is 1.00. The van der Waals surface area contributed by atoms with Gasteiger partial charge in [0.05, 0.1) is 18.8 Å². The lowest BCUT2D eigenvalue weighted by atomic mass is 10.0. The van der Waals surface area contributed by atoms with Crippen LogP contribution in [-0.4, -0.2) is 23.9 Å². The minimum absolute atomic E-state index is 0.0532. The molecule has 0 aliphatic heterocycles. The average Bonchev–Trinajstić information content (AvgIpc) is 1.64. The first kappa shape index (κ1) is 8.88. The highest BCUT2D eigenvalue weighted by atomic mass is 16.6. The zero-order valence-corrected chi connectivity index (χ0v) is 6.43. The lowest BCUT2D eigenvalue weighted by Gasteiger charge is -2.25. The van der Waals surface area contributed by atoms with Crippen LogP contribution >= 0.6 is 0 Å². The molecule has 0 aliphatic rings. The van der Waals surface area contributed by atoms with E-state index in [1.165, 1.54) is 7.11 Å². The van der Waals surface area contributed by atoms with Gasteiger partial charge in [0.1, 0.15) is 0 Å². The summed E-state index contributed by atoms with van der Waals surface area (Å²) in [6, 6.07) is -0.0532. The Morgan fingerprint density at radius 3 is 2.11 bits per heavy atom. The molecule has 0 saturated heterocycles. The summed E-state index contributed by atoms with van der Waals surface area (Å²) in [5, 5.41) is 9.27. The maximum atomic E-state index is 9.27. The Morgan fingerprint density at radius 2 is 2.00 bits per heavy atom. The second-order valence-electron chi connectivity index (χ2n) is 2.70. The third-order valence-electron chi connectivity index (χ3n) is 1.35. The minimum Gasteiger partial charge on any atom is -0.389 e. The van der Waals surface area contributed by atoms with E-state index < -0.39 is 5.60 Å². The van der Waals surface area contributed by atoms with Crippen molar-refractivity contribution in [3.8, 4) is 0 Å². The summed E-state index contributed by atoms with van der Waals surface area (Å²) in [6.45, 7) is 5.30. The zero-order valence-electron chi connectivity index (χ0n) is 6.43. The Bertz CT molecular complexity index is 77.6. The first-order valence-corrected chi connectivity index (χ1v) is 2.99. The number of hydrogen-bond donors (Lipinski definition) is 2. The molecular weight excluding hydrogens is 118 g/mol. The average molecular weight is 133 g/mol. The maximum Gasteiger partial charge on any atom is 0.0764 e. The van der Waals surface area contributed by atoms with Crippen LogP contribution in [0.2, 0.25) is 0 Å². The third kappa shape index (κ3) is 3.46. The molecule has 1 unspecified atom stereocenters.